The Kier molecular flexibility index (Phi) is 4.91. The van der Waals surface area contributed by atoms with Crippen molar-refractivity contribution in [3.63, 3.8) is 0 Å². The van der Waals surface area contributed by atoms with Crippen molar-refractivity contribution in [2.45, 2.75) is 26.0 Å². The van der Waals surface area contributed by atoms with Gasteiger partial charge in [0.1, 0.15) is 18.5 Å². The van der Waals surface area contributed by atoms with Crippen molar-refractivity contribution in [1.29, 1.82) is 0 Å². The minimum Gasteiger partial charge on any atom is -0.491 e. The van der Waals surface area contributed by atoms with Gasteiger partial charge in [-0.15, -0.1) is 0 Å². The highest BCUT2D eigenvalue weighted by Crippen LogP contribution is 2.24. The molecule has 1 saturated heterocycles. The highest BCUT2D eigenvalue weighted by molar-refractivity contribution is 6.33. The lowest BCUT2D eigenvalue weighted by Gasteiger charge is -2.35. The van der Waals surface area contributed by atoms with Crippen LogP contribution in [0.2, 0.25) is 5.02 Å². The van der Waals surface area contributed by atoms with Crippen LogP contribution in [0.4, 0.5) is 5.69 Å². The minimum absolute atomic E-state index is 0.104. The average Bonchev–Trinajstić information content (AvgIpc) is 2.40. The van der Waals surface area contributed by atoms with Gasteiger partial charge in [0.15, 0.2) is 0 Å². The van der Waals surface area contributed by atoms with Gasteiger partial charge >= 0.3 is 0 Å². The number of hydrogen-bond donors (Lipinski definition) is 1. The molecule has 2 N–H and O–H groups in total. The summed E-state index contributed by atoms with van der Waals surface area (Å²) in [6.07, 6.45) is 0.104. The van der Waals surface area contributed by atoms with E-state index in [1.165, 1.54) is 0 Å². The van der Waals surface area contributed by atoms with Gasteiger partial charge in [0.05, 0.1) is 17.3 Å². The van der Waals surface area contributed by atoms with Crippen molar-refractivity contribution in [2.75, 3.05) is 32.0 Å². The molecule has 0 radical (unpaired) electrons. The molecular weight excluding hydrogens is 264 g/mol. The fourth-order valence-corrected chi connectivity index (χ4v) is 2.27. The van der Waals surface area contributed by atoms with Crippen LogP contribution in [0.5, 0.6) is 5.75 Å². The summed E-state index contributed by atoms with van der Waals surface area (Å²) in [4.78, 5) is 2.40. The van der Waals surface area contributed by atoms with Crippen LogP contribution in [0.1, 0.15) is 13.8 Å². The summed E-state index contributed by atoms with van der Waals surface area (Å²) in [5.41, 5.74) is 6.22. The molecule has 0 spiro atoms. The third kappa shape index (κ3) is 4.00. The Morgan fingerprint density at radius 1 is 1.53 bits per heavy atom. The molecule has 1 unspecified atom stereocenters. The molecule has 0 amide bonds. The number of nitrogen functional groups attached to an aromatic ring is 1. The minimum atomic E-state index is 0.104. The van der Waals surface area contributed by atoms with E-state index in [0.717, 1.165) is 25.4 Å². The van der Waals surface area contributed by atoms with Gasteiger partial charge in [-0.1, -0.05) is 11.6 Å². The summed E-state index contributed by atoms with van der Waals surface area (Å²) in [6, 6.07) is 5.85. The molecule has 5 heteroatoms. The predicted octanol–water partition coefficient (Wildman–Crippen LogP) is 2.41. The molecule has 0 aliphatic carbocycles. The Balaban J connectivity index is 1.86. The monoisotopic (exact) mass is 284 g/mol. The second-order valence-corrected chi connectivity index (χ2v) is 5.48. The molecule has 19 heavy (non-hydrogen) atoms. The summed E-state index contributed by atoms with van der Waals surface area (Å²) in [7, 11) is 0. The number of benzene rings is 1. The molecule has 0 saturated carbocycles. The first-order valence-electron chi connectivity index (χ1n) is 6.59. The van der Waals surface area contributed by atoms with Crippen LogP contribution in [-0.4, -0.2) is 43.3 Å². The lowest BCUT2D eigenvalue weighted by Crippen LogP contribution is -2.47. The van der Waals surface area contributed by atoms with Crippen LogP contribution in [-0.2, 0) is 4.74 Å². The Labute approximate surface area is 119 Å². The topological polar surface area (TPSA) is 47.7 Å². The highest BCUT2D eigenvalue weighted by atomic mass is 35.5. The highest BCUT2D eigenvalue weighted by Gasteiger charge is 2.22. The first-order valence-corrected chi connectivity index (χ1v) is 6.97. The molecular formula is C14H21ClN2O2. The summed E-state index contributed by atoms with van der Waals surface area (Å²) in [5.74, 6) is 0.726. The van der Waals surface area contributed by atoms with Crippen LogP contribution in [0, 0.1) is 0 Å². The lowest BCUT2D eigenvalue weighted by atomic mass is 10.2. The molecule has 1 fully saturated rings. The van der Waals surface area contributed by atoms with E-state index >= 15 is 0 Å². The van der Waals surface area contributed by atoms with Gasteiger partial charge in [0, 0.05) is 25.2 Å². The number of anilines is 1. The maximum Gasteiger partial charge on any atom is 0.121 e. The zero-order valence-electron chi connectivity index (χ0n) is 11.4. The number of morpholine rings is 1. The van der Waals surface area contributed by atoms with Gasteiger partial charge in [0.2, 0.25) is 0 Å². The lowest BCUT2D eigenvalue weighted by molar-refractivity contribution is -0.0564. The number of hydrogen-bond acceptors (Lipinski definition) is 4. The largest absolute Gasteiger partial charge is 0.491 e. The molecule has 1 heterocycles. The summed E-state index contributed by atoms with van der Waals surface area (Å²) in [5, 5.41) is 0.519. The van der Waals surface area contributed by atoms with Crippen molar-refractivity contribution in [2.24, 2.45) is 0 Å². The zero-order chi connectivity index (χ0) is 13.8. The fraction of sp³-hybridized carbons (Fsp3) is 0.571. The van der Waals surface area contributed by atoms with E-state index < -0.39 is 0 Å². The molecule has 0 bridgehead atoms. The van der Waals surface area contributed by atoms with Crippen LogP contribution in [0.25, 0.3) is 0 Å². The number of halogens is 1. The third-order valence-corrected chi connectivity index (χ3v) is 3.64. The van der Waals surface area contributed by atoms with E-state index in [0.29, 0.717) is 23.4 Å². The van der Waals surface area contributed by atoms with Gasteiger partial charge in [-0.3, -0.25) is 4.90 Å². The van der Waals surface area contributed by atoms with E-state index in [2.05, 4.69) is 18.7 Å². The van der Waals surface area contributed by atoms with E-state index in [1.807, 2.05) is 6.07 Å². The second-order valence-electron chi connectivity index (χ2n) is 5.08. The Morgan fingerprint density at radius 3 is 3.00 bits per heavy atom. The maximum absolute atomic E-state index is 5.96. The van der Waals surface area contributed by atoms with Gasteiger partial charge in [-0.25, -0.2) is 0 Å². The quantitative estimate of drug-likeness (QED) is 0.863. The SMILES string of the molecule is CC(C)N1CCOC(COc2ccc(N)c(Cl)c2)C1. The standard InChI is InChI=1S/C14H21ClN2O2/c1-10(2)17-5-6-18-12(8-17)9-19-11-3-4-14(16)13(15)7-11/h3-4,7,10,12H,5-6,8-9,16H2,1-2H3. The van der Waals surface area contributed by atoms with Crippen molar-refractivity contribution in [3.8, 4) is 5.75 Å². The number of nitrogens with zero attached hydrogens (tertiary/aromatic N) is 1. The molecule has 1 aromatic carbocycles. The Bertz CT molecular complexity index is 426. The van der Waals surface area contributed by atoms with Crippen LogP contribution < -0.4 is 10.5 Å². The maximum atomic E-state index is 5.96. The van der Waals surface area contributed by atoms with Gasteiger partial charge in [-0.2, -0.15) is 0 Å². The van der Waals surface area contributed by atoms with Crippen LogP contribution >= 0.6 is 11.6 Å². The predicted molar refractivity (Wildman–Crippen MR) is 77.8 cm³/mol. The van der Waals surface area contributed by atoms with E-state index in [1.54, 1.807) is 12.1 Å². The van der Waals surface area contributed by atoms with Gasteiger partial charge < -0.3 is 15.2 Å². The van der Waals surface area contributed by atoms with Crippen molar-refractivity contribution in [1.82, 2.24) is 4.90 Å². The molecule has 0 aromatic heterocycles. The molecule has 106 valence electrons. The van der Waals surface area contributed by atoms with E-state index in [9.17, 15) is 0 Å². The first-order chi connectivity index (χ1) is 9.06. The molecule has 1 aliphatic rings. The zero-order valence-corrected chi connectivity index (χ0v) is 12.2. The van der Waals surface area contributed by atoms with E-state index in [-0.39, 0.29) is 6.10 Å². The van der Waals surface area contributed by atoms with Crippen molar-refractivity contribution >= 4 is 17.3 Å². The van der Waals surface area contributed by atoms with Gasteiger partial charge in [0.25, 0.3) is 0 Å². The number of rotatable bonds is 4. The molecule has 1 aliphatic heterocycles. The first kappa shape index (κ1) is 14.4. The number of ether oxygens (including phenoxy) is 2. The normalized spacial score (nSPS) is 20.7. The number of nitrogens with two attached hydrogens (primary N) is 1. The Morgan fingerprint density at radius 2 is 2.32 bits per heavy atom. The fourth-order valence-electron chi connectivity index (χ4n) is 2.10. The summed E-state index contributed by atoms with van der Waals surface area (Å²) < 4.78 is 11.4. The molecule has 4 nitrogen and oxygen atoms in total. The van der Waals surface area contributed by atoms with Gasteiger partial charge in [-0.05, 0) is 26.0 Å². The molecule has 1 atom stereocenters. The van der Waals surface area contributed by atoms with Crippen molar-refractivity contribution in [3.05, 3.63) is 23.2 Å². The van der Waals surface area contributed by atoms with Crippen LogP contribution in [0.15, 0.2) is 18.2 Å². The molecule has 1 aromatic rings. The van der Waals surface area contributed by atoms with Crippen LogP contribution in [0.3, 0.4) is 0 Å². The second kappa shape index (κ2) is 6.46. The third-order valence-electron chi connectivity index (χ3n) is 3.31. The van der Waals surface area contributed by atoms with E-state index in [4.69, 9.17) is 26.8 Å². The average molecular weight is 285 g/mol. The smallest absolute Gasteiger partial charge is 0.121 e. The Hall–Kier alpha value is -0.970. The molecule has 2 rings (SSSR count). The summed E-state index contributed by atoms with van der Waals surface area (Å²) in [6.45, 7) is 7.58. The van der Waals surface area contributed by atoms with Crippen molar-refractivity contribution < 1.29 is 9.47 Å². The summed E-state index contributed by atoms with van der Waals surface area (Å²) >= 11 is 5.96.